The zero-order valence-electron chi connectivity index (χ0n) is 11.6. The third-order valence-corrected chi connectivity index (χ3v) is 3.68. The largest absolute Gasteiger partial charge is 0.355 e. The molecule has 0 aromatic heterocycles. The van der Waals surface area contributed by atoms with Crippen molar-refractivity contribution in [1.29, 1.82) is 0 Å². The van der Waals surface area contributed by atoms with Crippen LogP contribution in [0.4, 0.5) is 0 Å². The number of thioether (sulfide) groups is 1. The SMILES string of the molecule is CCCNC(=O)CSCCCC(CC)NCC. The van der Waals surface area contributed by atoms with Crippen LogP contribution < -0.4 is 10.6 Å². The molecule has 0 spiro atoms. The van der Waals surface area contributed by atoms with Crippen LogP contribution in [0, 0.1) is 0 Å². The molecule has 1 atom stereocenters. The third kappa shape index (κ3) is 10.6. The maximum Gasteiger partial charge on any atom is 0.229 e. The highest BCUT2D eigenvalue weighted by atomic mass is 32.2. The van der Waals surface area contributed by atoms with Crippen LogP contribution >= 0.6 is 11.8 Å². The Bertz CT molecular complexity index is 188. The minimum absolute atomic E-state index is 0.176. The molecule has 102 valence electrons. The zero-order valence-corrected chi connectivity index (χ0v) is 12.4. The number of rotatable bonds is 11. The van der Waals surface area contributed by atoms with E-state index in [-0.39, 0.29) is 5.91 Å². The van der Waals surface area contributed by atoms with Gasteiger partial charge in [0.25, 0.3) is 0 Å². The van der Waals surface area contributed by atoms with Gasteiger partial charge in [0.15, 0.2) is 0 Å². The lowest BCUT2D eigenvalue weighted by molar-refractivity contribution is -0.118. The standard InChI is InChI=1S/C13H28N2OS/c1-4-9-15-13(16)11-17-10-7-8-12(5-2)14-6-3/h12,14H,4-11H2,1-3H3,(H,15,16). The highest BCUT2D eigenvalue weighted by Crippen LogP contribution is 2.08. The summed E-state index contributed by atoms with van der Waals surface area (Å²) in [5.74, 6) is 1.87. The first kappa shape index (κ1) is 16.8. The van der Waals surface area contributed by atoms with Crippen molar-refractivity contribution >= 4 is 17.7 Å². The van der Waals surface area contributed by atoms with Crippen molar-refractivity contribution in [2.45, 2.75) is 52.5 Å². The Kier molecular flexibility index (Phi) is 12.1. The molecule has 0 radical (unpaired) electrons. The van der Waals surface area contributed by atoms with E-state index in [4.69, 9.17) is 0 Å². The number of hydrogen-bond donors (Lipinski definition) is 2. The second-order valence-corrected chi connectivity index (χ2v) is 5.31. The first-order valence-corrected chi connectivity index (χ1v) is 7.97. The van der Waals surface area contributed by atoms with Crippen LogP contribution in [0.5, 0.6) is 0 Å². The minimum Gasteiger partial charge on any atom is -0.355 e. The van der Waals surface area contributed by atoms with Gasteiger partial charge < -0.3 is 10.6 Å². The van der Waals surface area contributed by atoms with Crippen molar-refractivity contribution in [3.8, 4) is 0 Å². The molecule has 0 rings (SSSR count). The van der Waals surface area contributed by atoms with E-state index >= 15 is 0 Å². The molecule has 4 heteroatoms. The van der Waals surface area contributed by atoms with Gasteiger partial charge in [-0.15, -0.1) is 0 Å². The van der Waals surface area contributed by atoms with Gasteiger partial charge in [0, 0.05) is 12.6 Å². The lowest BCUT2D eigenvalue weighted by Gasteiger charge is -2.15. The van der Waals surface area contributed by atoms with Gasteiger partial charge in [-0.05, 0) is 38.0 Å². The predicted molar refractivity (Wildman–Crippen MR) is 77.6 cm³/mol. The summed E-state index contributed by atoms with van der Waals surface area (Å²) >= 11 is 1.74. The Labute approximate surface area is 111 Å². The molecule has 0 heterocycles. The summed E-state index contributed by atoms with van der Waals surface area (Å²) < 4.78 is 0. The summed E-state index contributed by atoms with van der Waals surface area (Å²) in [6.45, 7) is 8.29. The Morgan fingerprint density at radius 3 is 2.65 bits per heavy atom. The first-order valence-electron chi connectivity index (χ1n) is 6.82. The fourth-order valence-electron chi connectivity index (χ4n) is 1.65. The van der Waals surface area contributed by atoms with Crippen LogP contribution in [0.15, 0.2) is 0 Å². The van der Waals surface area contributed by atoms with Crippen molar-refractivity contribution in [1.82, 2.24) is 10.6 Å². The molecule has 0 saturated heterocycles. The monoisotopic (exact) mass is 260 g/mol. The number of carbonyl (C=O) groups excluding carboxylic acids is 1. The molecule has 2 N–H and O–H groups in total. The van der Waals surface area contributed by atoms with Crippen LogP contribution in [0.2, 0.25) is 0 Å². The van der Waals surface area contributed by atoms with Gasteiger partial charge in [-0.2, -0.15) is 11.8 Å². The second-order valence-electron chi connectivity index (χ2n) is 4.21. The molecule has 1 amide bonds. The lowest BCUT2D eigenvalue weighted by atomic mass is 10.1. The average molecular weight is 260 g/mol. The van der Waals surface area contributed by atoms with Crippen LogP contribution in [-0.4, -0.2) is 36.5 Å². The smallest absolute Gasteiger partial charge is 0.229 e. The van der Waals surface area contributed by atoms with E-state index in [0.717, 1.165) is 25.3 Å². The van der Waals surface area contributed by atoms with Crippen LogP contribution in [0.3, 0.4) is 0 Å². The summed E-state index contributed by atoms with van der Waals surface area (Å²) in [7, 11) is 0. The Balaban J connectivity index is 3.35. The van der Waals surface area contributed by atoms with Gasteiger partial charge in [-0.3, -0.25) is 4.79 Å². The highest BCUT2D eigenvalue weighted by molar-refractivity contribution is 7.99. The van der Waals surface area contributed by atoms with E-state index in [2.05, 4.69) is 31.4 Å². The molecule has 0 aliphatic heterocycles. The quantitative estimate of drug-likeness (QED) is 0.561. The molecular formula is C13H28N2OS. The molecule has 0 aromatic carbocycles. The van der Waals surface area contributed by atoms with Gasteiger partial charge in [0.1, 0.15) is 0 Å². The first-order chi connectivity index (χ1) is 8.24. The topological polar surface area (TPSA) is 41.1 Å². The third-order valence-electron chi connectivity index (χ3n) is 2.63. The molecule has 0 aliphatic rings. The molecule has 0 aliphatic carbocycles. The van der Waals surface area contributed by atoms with Gasteiger partial charge >= 0.3 is 0 Å². The van der Waals surface area contributed by atoms with Crippen molar-refractivity contribution < 1.29 is 4.79 Å². The zero-order chi connectivity index (χ0) is 12.9. The van der Waals surface area contributed by atoms with E-state index in [0.29, 0.717) is 11.8 Å². The number of hydrogen-bond acceptors (Lipinski definition) is 3. The van der Waals surface area contributed by atoms with Crippen molar-refractivity contribution in [3.05, 3.63) is 0 Å². The lowest BCUT2D eigenvalue weighted by Crippen LogP contribution is -2.28. The van der Waals surface area contributed by atoms with Crippen molar-refractivity contribution in [3.63, 3.8) is 0 Å². The van der Waals surface area contributed by atoms with Gasteiger partial charge in [-0.1, -0.05) is 20.8 Å². The van der Waals surface area contributed by atoms with Crippen LogP contribution in [0.25, 0.3) is 0 Å². The Morgan fingerprint density at radius 1 is 1.29 bits per heavy atom. The minimum atomic E-state index is 0.176. The molecule has 0 fully saturated rings. The van der Waals surface area contributed by atoms with Crippen LogP contribution in [-0.2, 0) is 4.79 Å². The Morgan fingerprint density at radius 2 is 2.06 bits per heavy atom. The normalized spacial score (nSPS) is 12.4. The molecule has 0 bridgehead atoms. The van der Waals surface area contributed by atoms with Crippen LogP contribution in [0.1, 0.15) is 46.5 Å². The summed E-state index contributed by atoms with van der Waals surface area (Å²) in [4.78, 5) is 11.3. The summed E-state index contributed by atoms with van der Waals surface area (Å²) in [5, 5.41) is 6.36. The fraction of sp³-hybridized carbons (Fsp3) is 0.923. The number of amides is 1. The van der Waals surface area contributed by atoms with Crippen molar-refractivity contribution in [2.24, 2.45) is 0 Å². The predicted octanol–water partition coefficient (Wildman–Crippen LogP) is 2.41. The average Bonchev–Trinajstić information content (AvgIpc) is 2.34. The van der Waals surface area contributed by atoms with Gasteiger partial charge in [-0.25, -0.2) is 0 Å². The van der Waals surface area contributed by atoms with Crippen molar-refractivity contribution in [2.75, 3.05) is 24.6 Å². The maximum absolute atomic E-state index is 11.3. The van der Waals surface area contributed by atoms with E-state index < -0.39 is 0 Å². The van der Waals surface area contributed by atoms with E-state index in [9.17, 15) is 4.79 Å². The number of nitrogens with one attached hydrogen (secondary N) is 2. The summed E-state index contributed by atoms with van der Waals surface area (Å²) in [6, 6.07) is 0.648. The summed E-state index contributed by atoms with van der Waals surface area (Å²) in [5.41, 5.74) is 0. The molecule has 0 aromatic rings. The van der Waals surface area contributed by atoms with Gasteiger partial charge in [0.05, 0.1) is 5.75 Å². The number of carbonyl (C=O) groups is 1. The Hall–Kier alpha value is -0.220. The van der Waals surface area contributed by atoms with E-state index in [1.54, 1.807) is 11.8 Å². The highest BCUT2D eigenvalue weighted by Gasteiger charge is 2.04. The summed E-state index contributed by atoms with van der Waals surface area (Å²) in [6.07, 6.45) is 4.61. The molecular weight excluding hydrogens is 232 g/mol. The second kappa shape index (κ2) is 12.2. The van der Waals surface area contributed by atoms with Gasteiger partial charge in [0.2, 0.25) is 5.91 Å². The molecule has 3 nitrogen and oxygen atoms in total. The molecule has 1 unspecified atom stereocenters. The maximum atomic E-state index is 11.3. The fourth-order valence-corrected chi connectivity index (χ4v) is 2.45. The molecule has 0 saturated carbocycles. The van der Waals surface area contributed by atoms with E-state index in [1.165, 1.54) is 19.3 Å². The van der Waals surface area contributed by atoms with E-state index in [1.807, 2.05) is 0 Å². The molecule has 17 heavy (non-hydrogen) atoms.